The monoisotopic (exact) mass is 508 g/mol. The second-order valence-corrected chi connectivity index (χ2v) is 9.03. The number of thiocarbonyl (C=S) groups is 1. The van der Waals surface area contributed by atoms with Crippen molar-refractivity contribution in [2.75, 3.05) is 4.90 Å². The Hall–Kier alpha value is -3.82. The zero-order valence-corrected chi connectivity index (χ0v) is 21.0. The molecule has 0 bridgehead atoms. The normalized spacial score (nSPS) is 15.1. The van der Waals surface area contributed by atoms with Crippen molar-refractivity contribution < 1.29 is 14.5 Å². The van der Waals surface area contributed by atoms with E-state index in [4.69, 9.17) is 23.8 Å². The molecule has 1 N–H and O–H groups in total. The van der Waals surface area contributed by atoms with Crippen molar-refractivity contribution in [3.05, 3.63) is 91.3 Å². The first-order valence-corrected chi connectivity index (χ1v) is 11.4. The van der Waals surface area contributed by atoms with Crippen LogP contribution in [0.2, 0.25) is 5.02 Å². The third-order valence-electron chi connectivity index (χ3n) is 5.98. The second-order valence-electron chi connectivity index (χ2n) is 8.23. The molecular weight excluding hydrogens is 488 g/mol. The maximum Gasteiger partial charge on any atom is 0.270 e. The number of aromatic nitrogens is 1. The lowest BCUT2D eigenvalue weighted by molar-refractivity contribution is -0.384. The number of non-ortho nitro benzene ring substituents is 1. The van der Waals surface area contributed by atoms with Crippen LogP contribution in [0.1, 0.15) is 28.1 Å². The lowest BCUT2D eigenvalue weighted by atomic mass is 10.1. The molecule has 3 aromatic rings. The Morgan fingerprint density at radius 2 is 1.77 bits per heavy atom. The minimum absolute atomic E-state index is 0.00731. The summed E-state index contributed by atoms with van der Waals surface area (Å²) < 4.78 is 1.93. The standard InChI is InChI=1S/C25H21ClN4O4S/c1-13-10-18(30(33)34)8-9-21(13)28-14(2)11-17(16(28)4)12-19-23(31)27-25(35)29(24(19)32)22-7-5-6-20(26)15(22)3/h5-12H,1-4H3,(H,27,31,35)/b19-12+. The molecule has 0 spiro atoms. The van der Waals surface area contributed by atoms with E-state index >= 15 is 0 Å². The molecular formula is C25H21ClN4O4S. The number of hydrogen-bond donors (Lipinski definition) is 1. The summed E-state index contributed by atoms with van der Waals surface area (Å²) in [5.74, 6) is -1.15. The molecule has 0 unspecified atom stereocenters. The highest BCUT2D eigenvalue weighted by molar-refractivity contribution is 7.80. The average molecular weight is 509 g/mol. The molecule has 0 radical (unpaired) electrons. The Labute approximate surface area is 212 Å². The zero-order valence-electron chi connectivity index (χ0n) is 19.4. The summed E-state index contributed by atoms with van der Waals surface area (Å²) >= 11 is 11.5. The molecule has 8 nitrogen and oxygen atoms in total. The van der Waals surface area contributed by atoms with Gasteiger partial charge in [-0.2, -0.15) is 0 Å². The average Bonchev–Trinajstić information content (AvgIpc) is 3.06. The summed E-state index contributed by atoms with van der Waals surface area (Å²) in [4.78, 5) is 38.1. The summed E-state index contributed by atoms with van der Waals surface area (Å²) in [6.07, 6.45) is 1.53. The van der Waals surface area contributed by atoms with Crippen LogP contribution in [-0.2, 0) is 9.59 Å². The number of nitrogens with one attached hydrogen (secondary N) is 1. The van der Waals surface area contributed by atoms with Crippen LogP contribution in [0.15, 0.2) is 48.0 Å². The first-order chi connectivity index (χ1) is 16.5. The highest BCUT2D eigenvalue weighted by atomic mass is 35.5. The fourth-order valence-electron chi connectivity index (χ4n) is 4.18. The van der Waals surface area contributed by atoms with Gasteiger partial charge in [-0.1, -0.05) is 17.7 Å². The summed E-state index contributed by atoms with van der Waals surface area (Å²) in [5, 5.41) is 14.2. The van der Waals surface area contributed by atoms with Crippen molar-refractivity contribution in [3.63, 3.8) is 0 Å². The Kier molecular flexibility index (Phi) is 6.31. The van der Waals surface area contributed by atoms with Crippen LogP contribution in [0.25, 0.3) is 11.8 Å². The number of nitro benzene ring substituents is 1. The first-order valence-electron chi connectivity index (χ1n) is 10.6. The largest absolute Gasteiger partial charge is 0.318 e. The van der Waals surface area contributed by atoms with Gasteiger partial charge in [-0.15, -0.1) is 0 Å². The number of aryl methyl sites for hydroxylation is 2. The molecule has 0 saturated carbocycles. The number of hydrogen-bond acceptors (Lipinski definition) is 5. The topological polar surface area (TPSA) is 97.5 Å². The highest BCUT2D eigenvalue weighted by Crippen LogP contribution is 2.31. The third-order valence-corrected chi connectivity index (χ3v) is 6.68. The quantitative estimate of drug-likeness (QED) is 0.174. The minimum Gasteiger partial charge on any atom is -0.318 e. The maximum absolute atomic E-state index is 13.4. The van der Waals surface area contributed by atoms with Gasteiger partial charge in [0.1, 0.15) is 5.57 Å². The van der Waals surface area contributed by atoms with Gasteiger partial charge in [0.25, 0.3) is 17.5 Å². The van der Waals surface area contributed by atoms with Gasteiger partial charge in [0.15, 0.2) is 5.11 Å². The van der Waals surface area contributed by atoms with Crippen molar-refractivity contribution >= 4 is 58.2 Å². The predicted octanol–water partition coefficient (Wildman–Crippen LogP) is 5.10. The van der Waals surface area contributed by atoms with Crippen LogP contribution >= 0.6 is 23.8 Å². The molecule has 2 aromatic carbocycles. The Morgan fingerprint density at radius 1 is 1.06 bits per heavy atom. The van der Waals surface area contributed by atoms with E-state index in [0.29, 0.717) is 21.8 Å². The summed E-state index contributed by atoms with van der Waals surface area (Å²) in [6.45, 7) is 7.31. The van der Waals surface area contributed by atoms with Crippen molar-refractivity contribution in [1.82, 2.24) is 9.88 Å². The number of anilines is 1. The number of amides is 2. The number of halogens is 1. The van der Waals surface area contributed by atoms with Crippen LogP contribution < -0.4 is 10.2 Å². The number of rotatable bonds is 4. The molecule has 0 aliphatic carbocycles. The summed E-state index contributed by atoms with van der Waals surface area (Å²) in [5.41, 5.74) is 4.85. The van der Waals surface area contributed by atoms with Crippen LogP contribution in [-0.4, -0.2) is 26.4 Å². The number of nitrogens with zero attached hydrogens (tertiary/aromatic N) is 3. The van der Waals surface area contributed by atoms with Gasteiger partial charge < -0.3 is 4.57 Å². The lowest BCUT2D eigenvalue weighted by Crippen LogP contribution is -2.54. The van der Waals surface area contributed by atoms with Crippen molar-refractivity contribution in [3.8, 4) is 5.69 Å². The SMILES string of the molecule is Cc1cc([N+](=O)[O-])ccc1-n1c(C)cc(/C=C2\C(=O)NC(=S)N(c3cccc(Cl)c3C)C2=O)c1C. The maximum atomic E-state index is 13.4. The Balaban J connectivity index is 1.79. The second kappa shape index (κ2) is 9.09. The van der Waals surface area contributed by atoms with Gasteiger partial charge in [0.2, 0.25) is 0 Å². The van der Waals surface area contributed by atoms with Gasteiger partial charge in [-0.3, -0.25) is 29.9 Å². The van der Waals surface area contributed by atoms with E-state index in [1.807, 2.05) is 24.5 Å². The molecule has 1 fully saturated rings. The molecule has 10 heteroatoms. The molecule has 35 heavy (non-hydrogen) atoms. The van der Waals surface area contributed by atoms with Crippen molar-refractivity contribution in [2.24, 2.45) is 0 Å². The summed E-state index contributed by atoms with van der Waals surface area (Å²) in [7, 11) is 0. The third kappa shape index (κ3) is 4.24. The molecule has 4 rings (SSSR count). The van der Waals surface area contributed by atoms with Gasteiger partial charge in [-0.05, 0) is 86.9 Å². The van der Waals surface area contributed by atoms with Gasteiger partial charge >= 0.3 is 0 Å². The van der Waals surface area contributed by atoms with E-state index in [9.17, 15) is 19.7 Å². The number of benzene rings is 2. The van der Waals surface area contributed by atoms with E-state index < -0.39 is 16.7 Å². The molecule has 2 amide bonds. The zero-order chi connectivity index (χ0) is 25.6. The van der Waals surface area contributed by atoms with Crippen molar-refractivity contribution in [2.45, 2.75) is 27.7 Å². The van der Waals surface area contributed by atoms with Crippen molar-refractivity contribution in [1.29, 1.82) is 0 Å². The van der Waals surface area contributed by atoms with Crippen LogP contribution in [0.5, 0.6) is 0 Å². The van der Waals surface area contributed by atoms with Gasteiger partial charge in [0.05, 0.1) is 10.6 Å². The fourth-order valence-corrected chi connectivity index (χ4v) is 4.62. The molecule has 2 heterocycles. The molecule has 0 atom stereocenters. The van der Waals surface area contributed by atoms with E-state index in [1.54, 1.807) is 38.1 Å². The lowest BCUT2D eigenvalue weighted by Gasteiger charge is -2.30. The molecule has 1 aliphatic rings. The molecule has 178 valence electrons. The number of carbonyl (C=O) groups excluding carboxylic acids is 2. The van der Waals surface area contributed by atoms with Crippen LogP contribution in [0, 0.1) is 37.8 Å². The molecule has 1 saturated heterocycles. The molecule has 1 aliphatic heterocycles. The highest BCUT2D eigenvalue weighted by Gasteiger charge is 2.35. The fraction of sp³-hybridized carbons (Fsp3) is 0.160. The van der Waals surface area contributed by atoms with E-state index in [-0.39, 0.29) is 16.4 Å². The summed E-state index contributed by atoms with van der Waals surface area (Å²) in [6, 6.07) is 11.6. The first kappa shape index (κ1) is 24.3. The van der Waals surface area contributed by atoms with Gasteiger partial charge in [-0.25, -0.2) is 0 Å². The smallest absolute Gasteiger partial charge is 0.270 e. The van der Waals surface area contributed by atoms with E-state index in [0.717, 1.165) is 22.6 Å². The van der Waals surface area contributed by atoms with Crippen LogP contribution in [0.3, 0.4) is 0 Å². The van der Waals surface area contributed by atoms with Gasteiger partial charge in [0, 0.05) is 34.2 Å². The van der Waals surface area contributed by atoms with Crippen LogP contribution in [0.4, 0.5) is 11.4 Å². The number of nitro groups is 1. The Morgan fingerprint density at radius 3 is 2.43 bits per heavy atom. The van der Waals surface area contributed by atoms with E-state index in [1.165, 1.54) is 23.1 Å². The predicted molar refractivity (Wildman–Crippen MR) is 139 cm³/mol. The Bertz CT molecular complexity index is 1470. The minimum atomic E-state index is -0.591. The number of carbonyl (C=O) groups is 2. The molecule has 1 aromatic heterocycles. The van der Waals surface area contributed by atoms with E-state index in [2.05, 4.69) is 5.32 Å².